The van der Waals surface area contributed by atoms with Gasteiger partial charge in [0.1, 0.15) is 0 Å². The van der Waals surface area contributed by atoms with Gasteiger partial charge in [0.2, 0.25) is 0 Å². The van der Waals surface area contributed by atoms with Crippen molar-refractivity contribution >= 4 is 106 Å². The van der Waals surface area contributed by atoms with E-state index in [0.717, 1.165) is 0 Å². The topological polar surface area (TPSA) is 0 Å². The molecule has 54 heavy (non-hydrogen) atoms. The lowest BCUT2D eigenvalue weighted by Crippen LogP contribution is -1.92. The zero-order valence-electron chi connectivity index (χ0n) is 29.1. The summed E-state index contributed by atoms with van der Waals surface area (Å²) in [5, 5.41) is 15.7. The van der Waals surface area contributed by atoms with Gasteiger partial charge in [0.15, 0.2) is 0 Å². The predicted molar refractivity (Wildman–Crippen MR) is 239 cm³/mol. The Morgan fingerprint density at radius 2 is 0.778 bits per heavy atom. The number of thiophene rings is 2. The molecule has 0 radical (unpaired) electrons. The highest BCUT2D eigenvalue weighted by Crippen LogP contribution is 2.49. The first kappa shape index (κ1) is 30.2. The number of hydrogen-bond acceptors (Lipinski definition) is 2. The fourth-order valence-corrected chi connectivity index (χ4v) is 11.5. The van der Waals surface area contributed by atoms with Crippen LogP contribution < -0.4 is 0 Å². The maximum absolute atomic E-state index is 2.45. The highest BCUT2D eigenvalue weighted by atomic mass is 32.1. The Bertz CT molecular complexity index is 3430. The van der Waals surface area contributed by atoms with Crippen molar-refractivity contribution in [1.82, 2.24) is 0 Å². The third-order valence-corrected chi connectivity index (χ3v) is 13.8. The molecule has 0 fully saturated rings. The Hall–Kier alpha value is -6.32. The van der Waals surface area contributed by atoms with Gasteiger partial charge in [-0.2, -0.15) is 0 Å². The predicted octanol–water partition coefficient (Wildman–Crippen LogP) is 16.0. The van der Waals surface area contributed by atoms with Gasteiger partial charge in [-0.25, -0.2) is 0 Å². The summed E-state index contributed by atoms with van der Waals surface area (Å²) in [5.41, 5.74) is 7.61. The second-order valence-corrected chi connectivity index (χ2v) is 16.4. The van der Waals surface area contributed by atoms with Crippen molar-refractivity contribution in [3.8, 4) is 33.4 Å². The quantitative estimate of drug-likeness (QED) is 0.160. The molecule has 2 heterocycles. The summed E-state index contributed by atoms with van der Waals surface area (Å²) in [6.45, 7) is 0. The van der Waals surface area contributed by atoms with Crippen LogP contribution in [0.3, 0.4) is 0 Å². The van der Waals surface area contributed by atoms with Gasteiger partial charge < -0.3 is 0 Å². The van der Waals surface area contributed by atoms with E-state index in [2.05, 4.69) is 182 Å². The molecule has 12 rings (SSSR count). The van der Waals surface area contributed by atoms with Gasteiger partial charge in [0.05, 0.1) is 0 Å². The molecule has 250 valence electrons. The van der Waals surface area contributed by atoms with Crippen LogP contribution in [0.2, 0.25) is 0 Å². The van der Waals surface area contributed by atoms with E-state index >= 15 is 0 Å². The minimum Gasteiger partial charge on any atom is -0.135 e. The van der Waals surface area contributed by atoms with Gasteiger partial charge in [-0.3, -0.25) is 0 Å². The van der Waals surface area contributed by atoms with Gasteiger partial charge in [-0.05, 0) is 95.3 Å². The van der Waals surface area contributed by atoms with Crippen molar-refractivity contribution in [1.29, 1.82) is 0 Å². The van der Waals surface area contributed by atoms with Crippen LogP contribution in [-0.4, -0.2) is 0 Å². The fraction of sp³-hybridized carbons (Fsp3) is 0. The largest absolute Gasteiger partial charge is 0.135 e. The minimum atomic E-state index is 1.24. The number of benzene rings is 10. The second kappa shape index (κ2) is 11.6. The van der Waals surface area contributed by atoms with E-state index in [0.29, 0.717) is 0 Å². The Labute approximate surface area is 319 Å². The van der Waals surface area contributed by atoms with Gasteiger partial charge in [0, 0.05) is 45.7 Å². The van der Waals surface area contributed by atoms with Gasteiger partial charge in [-0.1, -0.05) is 158 Å². The molecule has 2 aromatic heterocycles. The van der Waals surface area contributed by atoms with Crippen LogP contribution in [0.1, 0.15) is 0 Å². The van der Waals surface area contributed by atoms with Gasteiger partial charge in [0.25, 0.3) is 0 Å². The standard InChI is InChI=1S/C52H30S2/c1-2-12-31(13-3-1)33-23-24-40(35-15-5-4-14-34(33)35)50-38-18-8-6-16-36(38)49(37-17-7-9-19-39(37)50)32-22-28-47-45(30-32)43-26-25-41-42(52(43)54-47)27-29-48-51(41)44-20-10-11-21-46(44)53-48/h1-30H. The normalized spacial score (nSPS) is 12.1. The highest BCUT2D eigenvalue weighted by Gasteiger charge is 2.20. The van der Waals surface area contributed by atoms with E-state index in [1.807, 2.05) is 22.7 Å². The third kappa shape index (κ3) is 4.30. The second-order valence-electron chi connectivity index (χ2n) is 14.3. The summed E-state index contributed by atoms with van der Waals surface area (Å²) in [7, 11) is 0. The molecule has 0 spiro atoms. The van der Waals surface area contributed by atoms with Crippen LogP contribution in [0.15, 0.2) is 182 Å². The molecule has 0 saturated carbocycles. The summed E-state index contributed by atoms with van der Waals surface area (Å²) >= 11 is 3.81. The Morgan fingerprint density at radius 3 is 1.52 bits per heavy atom. The van der Waals surface area contributed by atoms with E-state index in [1.54, 1.807) is 0 Å². The summed E-state index contributed by atoms with van der Waals surface area (Å²) < 4.78 is 5.40. The molecule has 0 unspecified atom stereocenters. The first-order valence-electron chi connectivity index (χ1n) is 18.5. The molecule has 0 N–H and O–H groups in total. The third-order valence-electron chi connectivity index (χ3n) is 11.5. The fourth-order valence-electron chi connectivity index (χ4n) is 9.13. The van der Waals surface area contributed by atoms with Crippen LogP contribution >= 0.6 is 22.7 Å². The number of hydrogen-bond donors (Lipinski definition) is 0. The lowest BCUT2D eigenvalue weighted by atomic mass is 9.83. The lowest BCUT2D eigenvalue weighted by molar-refractivity contribution is 1.64. The van der Waals surface area contributed by atoms with Crippen molar-refractivity contribution in [2.75, 3.05) is 0 Å². The van der Waals surface area contributed by atoms with E-state index in [4.69, 9.17) is 0 Å². The van der Waals surface area contributed by atoms with Crippen LogP contribution in [0, 0.1) is 0 Å². The molecule has 0 amide bonds. The maximum Gasteiger partial charge on any atom is 0.0434 e. The molecule has 2 heteroatoms. The van der Waals surface area contributed by atoms with E-state index in [1.165, 1.54) is 117 Å². The van der Waals surface area contributed by atoms with Crippen molar-refractivity contribution in [3.63, 3.8) is 0 Å². The summed E-state index contributed by atoms with van der Waals surface area (Å²) in [6, 6.07) is 67.8. The van der Waals surface area contributed by atoms with Crippen molar-refractivity contribution < 1.29 is 0 Å². The Kier molecular flexibility index (Phi) is 6.48. The molecule has 10 aromatic carbocycles. The van der Waals surface area contributed by atoms with Gasteiger partial charge in [-0.15, -0.1) is 22.7 Å². The summed E-state index contributed by atoms with van der Waals surface area (Å²) in [6.07, 6.45) is 0. The van der Waals surface area contributed by atoms with Crippen molar-refractivity contribution in [3.05, 3.63) is 182 Å². The monoisotopic (exact) mass is 718 g/mol. The van der Waals surface area contributed by atoms with Crippen LogP contribution in [0.25, 0.3) is 117 Å². The first-order chi connectivity index (χ1) is 26.8. The molecule has 0 bridgehead atoms. The molecule has 0 nitrogen and oxygen atoms in total. The number of rotatable bonds is 3. The molecule has 12 aromatic rings. The molecule has 0 saturated heterocycles. The minimum absolute atomic E-state index is 1.24. The zero-order chi connectivity index (χ0) is 35.3. The van der Waals surface area contributed by atoms with E-state index in [9.17, 15) is 0 Å². The maximum atomic E-state index is 2.45. The smallest absolute Gasteiger partial charge is 0.0434 e. The van der Waals surface area contributed by atoms with E-state index < -0.39 is 0 Å². The lowest BCUT2D eigenvalue weighted by Gasteiger charge is -2.19. The SMILES string of the molecule is c1ccc(-c2ccc(-c3c4ccccc4c(-c4ccc5sc6c(ccc7c6ccc6sc8ccccc8c67)c5c4)c4ccccc34)c3ccccc23)cc1. The molecular weight excluding hydrogens is 689 g/mol. The molecular formula is C52H30S2. The molecule has 0 atom stereocenters. The van der Waals surface area contributed by atoms with E-state index in [-0.39, 0.29) is 0 Å². The average Bonchev–Trinajstić information content (AvgIpc) is 3.81. The summed E-state index contributed by atoms with van der Waals surface area (Å²) in [4.78, 5) is 0. The average molecular weight is 719 g/mol. The van der Waals surface area contributed by atoms with Crippen molar-refractivity contribution in [2.45, 2.75) is 0 Å². The Morgan fingerprint density at radius 1 is 0.259 bits per heavy atom. The van der Waals surface area contributed by atoms with Crippen LogP contribution in [0.5, 0.6) is 0 Å². The van der Waals surface area contributed by atoms with Crippen molar-refractivity contribution in [2.24, 2.45) is 0 Å². The van der Waals surface area contributed by atoms with Gasteiger partial charge >= 0.3 is 0 Å². The number of fused-ring (bicyclic) bond motifs is 12. The Balaban J connectivity index is 1.11. The highest BCUT2D eigenvalue weighted by molar-refractivity contribution is 7.27. The zero-order valence-corrected chi connectivity index (χ0v) is 30.8. The summed E-state index contributed by atoms with van der Waals surface area (Å²) in [5.74, 6) is 0. The molecule has 0 aliphatic rings. The first-order valence-corrected chi connectivity index (χ1v) is 20.1. The van der Waals surface area contributed by atoms with Crippen LogP contribution in [0.4, 0.5) is 0 Å². The molecule has 0 aliphatic carbocycles. The molecule has 0 aliphatic heterocycles. The van der Waals surface area contributed by atoms with Crippen LogP contribution in [-0.2, 0) is 0 Å².